The van der Waals surface area contributed by atoms with Crippen molar-refractivity contribution in [1.82, 2.24) is 4.90 Å². The molecule has 0 aliphatic carbocycles. The maximum Gasteiger partial charge on any atom is 0.0416 e. The van der Waals surface area contributed by atoms with Crippen LogP contribution in [0.25, 0.3) is 10.1 Å². The first-order valence-corrected chi connectivity index (χ1v) is 8.63. The monoisotopic (exact) mass is 331 g/mol. The molecule has 0 atom stereocenters. The molecule has 1 nitrogen and oxygen atoms in total. The first kappa shape index (κ1) is 17.1. The van der Waals surface area contributed by atoms with Gasteiger partial charge in [0.05, 0.1) is 0 Å². The molecule has 0 unspecified atom stereocenters. The van der Waals surface area contributed by atoms with E-state index in [-0.39, 0.29) is 5.41 Å². The van der Waals surface area contributed by atoms with Crippen LogP contribution in [0.2, 0.25) is 5.02 Å². The summed E-state index contributed by atoms with van der Waals surface area (Å²) in [5.41, 5.74) is 1.34. The van der Waals surface area contributed by atoms with E-state index in [0.717, 1.165) is 18.1 Å². The average Bonchev–Trinajstić information content (AvgIpc) is 2.85. The Morgan fingerprint density at radius 3 is 2.82 bits per heavy atom. The van der Waals surface area contributed by atoms with Gasteiger partial charge in [-0.3, -0.25) is 4.90 Å². The molecule has 0 bridgehead atoms. The number of hydrogen-bond donors (Lipinski definition) is 0. The van der Waals surface area contributed by atoms with Crippen LogP contribution in [0.1, 0.15) is 26.3 Å². The van der Waals surface area contributed by atoms with Crippen LogP contribution in [-0.4, -0.2) is 18.5 Å². The van der Waals surface area contributed by atoms with E-state index >= 15 is 0 Å². The van der Waals surface area contributed by atoms with Crippen LogP contribution in [0, 0.1) is 17.3 Å². The molecule has 0 fully saturated rings. The minimum absolute atomic E-state index is 0.0573. The maximum atomic E-state index is 6.21. The quantitative estimate of drug-likeness (QED) is 0.660. The van der Waals surface area contributed by atoms with Gasteiger partial charge in [-0.15, -0.1) is 11.3 Å². The van der Waals surface area contributed by atoms with Gasteiger partial charge in [0, 0.05) is 28.2 Å². The lowest BCUT2D eigenvalue weighted by Gasteiger charge is -2.15. The minimum Gasteiger partial charge on any atom is -0.298 e. The molecular formula is C19H22ClNS. The van der Waals surface area contributed by atoms with Gasteiger partial charge in [0.25, 0.3) is 0 Å². The van der Waals surface area contributed by atoms with Crippen LogP contribution < -0.4 is 0 Å². The number of nitrogens with zero attached hydrogens (tertiary/aromatic N) is 1. The Labute approximate surface area is 142 Å². The number of likely N-dealkylation sites (N-methyl/N-ethyl adjacent to an activating group) is 1. The summed E-state index contributed by atoms with van der Waals surface area (Å²) in [6, 6.07) is 6.22. The number of allylic oxidation sites excluding steroid dienone is 1. The van der Waals surface area contributed by atoms with E-state index in [1.54, 1.807) is 11.3 Å². The summed E-state index contributed by atoms with van der Waals surface area (Å²) in [4.78, 5) is 2.26. The molecular weight excluding hydrogens is 310 g/mol. The summed E-state index contributed by atoms with van der Waals surface area (Å²) in [5, 5.41) is 4.15. The van der Waals surface area contributed by atoms with Gasteiger partial charge in [-0.1, -0.05) is 29.5 Å². The van der Waals surface area contributed by atoms with Gasteiger partial charge in [-0.2, -0.15) is 0 Å². The summed E-state index contributed by atoms with van der Waals surface area (Å²) in [7, 11) is 2.11. The highest BCUT2D eigenvalue weighted by molar-refractivity contribution is 7.17. The highest BCUT2D eigenvalue weighted by Crippen LogP contribution is 2.29. The zero-order valence-corrected chi connectivity index (χ0v) is 15.2. The SMILES string of the molecule is CN(C/C=C/C#CC(C)(C)C)Cc1cc(Cl)cc2ccsc12. The zero-order valence-electron chi connectivity index (χ0n) is 13.6. The molecule has 0 N–H and O–H groups in total. The second kappa shape index (κ2) is 7.33. The molecule has 0 aliphatic rings. The topological polar surface area (TPSA) is 3.24 Å². The van der Waals surface area contributed by atoms with Crippen molar-refractivity contribution in [3.05, 3.63) is 46.3 Å². The second-order valence-corrected chi connectivity index (χ2v) is 7.87. The molecule has 0 aliphatic heterocycles. The Balaban J connectivity index is 1.99. The number of thiophene rings is 1. The summed E-state index contributed by atoms with van der Waals surface area (Å²) in [6.07, 6.45) is 4.05. The lowest BCUT2D eigenvalue weighted by atomic mass is 9.98. The predicted molar refractivity (Wildman–Crippen MR) is 99.5 cm³/mol. The molecule has 2 rings (SSSR count). The number of rotatable bonds is 4. The third-order valence-electron chi connectivity index (χ3n) is 3.10. The number of hydrogen-bond acceptors (Lipinski definition) is 2. The molecule has 0 saturated heterocycles. The van der Waals surface area contributed by atoms with E-state index in [4.69, 9.17) is 11.6 Å². The van der Waals surface area contributed by atoms with Gasteiger partial charge in [-0.25, -0.2) is 0 Å². The van der Waals surface area contributed by atoms with Crippen molar-refractivity contribution in [2.45, 2.75) is 27.3 Å². The van der Waals surface area contributed by atoms with Gasteiger partial charge in [0.15, 0.2) is 0 Å². The molecule has 0 spiro atoms. The molecule has 0 saturated carbocycles. The third kappa shape index (κ3) is 5.18. The lowest BCUT2D eigenvalue weighted by molar-refractivity contribution is 0.365. The molecule has 1 heterocycles. The van der Waals surface area contributed by atoms with E-state index in [1.807, 2.05) is 12.1 Å². The summed E-state index contributed by atoms with van der Waals surface area (Å²) >= 11 is 7.98. The fourth-order valence-corrected chi connectivity index (χ4v) is 3.28. The minimum atomic E-state index is 0.0573. The molecule has 2 aromatic rings. The van der Waals surface area contributed by atoms with Gasteiger partial charge in [0.2, 0.25) is 0 Å². The molecule has 1 aromatic carbocycles. The van der Waals surface area contributed by atoms with Crippen molar-refractivity contribution in [2.24, 2.45) is 5.41 Å². The molecule has 116 valence electrons. The van der Waals surface area contributed by atoms with Crippen molar-refractivity contribution < 1.29 is 0 Å². The Bertz CT molecular complexity index is 725. The Hall–Kier alpha value is -1.27. The Morgan fingerprint density at radius 2 is 2.09 bits per heavy atom. The number of benzene rings is 1. The predicted octanol–water partition coefficient (Wildman–Crippen LogP) is 5.59. The fourth-order valence-electron chi connectivity index (χ4n) is 2.14. The standard InChI is InChI=1S/C19H22ClNS/c1-19(2,3)9-6-5-7-10-21(4)14-16-13-17(20)12-15-8-11-22-18(15)16/h5,7-8,11-13H,10,14H2,1-4H3/b7-5+. The van der Waals surface area contributed by atoms with Crippen molar-refractivity contribution in [2.75, 3.05) is 13.6 Å². The van der Waals surface area contributed by atoms with E-state index in [0.29, 0.717) is 0 Å². The molecule has 3 heteroatoms. The average molecular weight is 332 g/mol. The Kier molecular flexibility index (Phi) is 5.69. The third-order valence-corrected chi connectivity index (χ3v) is 4.32. The number of halogens is 1. The largest absolute Gasteiger partial charge is 0.298 e. The van der Waals surface area contributed by atoms with Crippen LogP contribution in [0.3, 0.4) is 0 Å². The molecule has 0 amide bonds. The highest BCUT2D eigenvalue weighted by atomic mass is 35.5. The zero-order chi connectivity index (χ0) is 16.2. The fraction of sp³-hybridized carbons (Fsp3) is 0.368. The summed E-state index contributed by atoms with van der Waals surface area (Å²) in [5.74, 6) is 6.31. The maximum absolute atomic E-state index is 6.21. The van der Waals surface area contributed by atoms with Gasteiger partial charge in [0.1, 0.15) is 0 Å². The lowest BCUT2D eigenvalue weighted by Crippen LogP contribution is -2.17. The van der Waals surface area contributed by atoms with Crippen LogP contribution in [0.4, 0.5) is 0 Å². The Morgan fingerprint density at radius 1 is 1.32 bits per heavy atom. The van der Waals surface area contributed by atoms with Crippen molar-refractivity contribution >= 4 is 33.0 Å². The highest BCUT2D eigenvalue weighted by Gasteiger charge is 2.07. The van der Waals surface area contributed by atoms with Gasteiger partial charge < -0.3 is 0 Å². The van der Waals surface area contributed by atoms with E-state index in [1.165, 1.54) is 15.6 Å². The number of fused-ring (bicyclic) bond motifs is 1. The first-order chi connectivity index (χ1) is 10.3. The molecule has 22 heavy (non-hydrogen) atoms. The molecule has 0 radical (unpaired) electrons. The van der Waals surface area contributed by atoms with E-state index in [2.05, 4.69) is 68.1 Å². The van der Waals surface area contributed by atoms with E-state index < -0.39 is 0 Å². The van der Waals surface area contributed by atoms with Gasteiger partial charge in [-0.05, 0) is 68.4 Å². The van der Waals surface area contributed by atoms with Crippen LogP contribution in [-0.2, 0) is 6.54 Å². The van der Waals surface area contributed by atoms with Crippen LogP contribution >= 0.6 is 22.9 Å². The normalized spacial score (nSPS) is 12.1. The summed E-state index contributed by atoms with van der Waals surface area (Å²) < 4.78 is 1.33. The second-order valence-electron chi connectivity index (χ2n) is 6.52. The summed E-state index contributed by atoms with van der Waals surface area (Å²) in [6.45, 7) is 8.11. The smallest absolute Gasteiger partial charge is 0.0416 e. The van der Waals surface area contributed by atoms with Crippen molar-refractivity contribution in [3.8, 4) is 11.8 Å². The van der Waals surface area contributed by atoms with E-state index in [9.17, 15) is 0 Å². The van der Waals surface area contributed by atoms with Crippen molar-refractivity contribution in [1.29, 1.82) is 0 Å². The van der Waals surface area contributed by atoms with Crippen molar-refractivity contribution in [3.63, 3.8) is 0 Å². The van der Waals surface area contributed by atoms with Crippen LogP contribution in [0.15, 0.2) is 35.7 Å². The van der Waals surface area contributed by atoms with Gasteiger partial charge >= 0.3 is 0 Å². The van der Waals surface area contributed by atoms with Crippen LogP contribution in [0.5, 0.6) is 0 Å². The molecule has 1 aromatic heterocycles. The first-order valence-electron chi connectivity index (χ1n) is 7.37.